The number of hydrogen-bond donors (Lipinski definition) is 1. The van der Waals surface area contributed by atoms with E-state index in [0.29, 0.717) is 17.4 Å². The first-order valence-corrected chi connectivity index (χ1v) is 11.8. The quantitative estimate of drug-likeness (QED) is 0.320. The van der Waals surface area contributed by atoms with Crippen LogP contribution in [0.1, 0.15) is 12.0 Å². The molecule has 0 saturated heterocycles. The number of benzene rings is 3. The van der Waals surface area contributed by atoms with Crippen LogP contribution in [0.4, 0.5) is 4.39 Å². The summed E-state index contributed by atoms with van der Waals surface area (Å²) in [7, 11) is -3.87. The van der Waals surface area contributed by atoms with Crippen LogP contribution < -0.4 is 5.32 Å². The number of aromatic nitrogens is 1. The fraction of sp³-hybridized carbons (Fsp3) is 0.160. The third-order valence-corrected chi connectivity index (χ3v) is 7.08. The summed E-state index contributed by atoms with van der Waals surface area (Å²) in [5, 5.41) is 3.42. The van der Waals surface area contributed by atoms with Crippen molar-refractivity contribution in [1.29, 1.82) is 0 Å². The van der Waals surface area contributed by atoms with Crippen LogP contribution in [0.2, 0.25) is 0 Å². The van der Waals surface area contributed by atoms with Crippen molar-refractivity contribution in [1.82, 2.24) is 9.88 Å². The maximum atomic E-state index is 13.3. The second kappa shape index (κ2) is 9.36. The van der Waals surface area contributed by atoms with Crippen LogP contribution in [0.25, 0.3) is 10.9 Å². The highest BCUT2D eigenvalue weighted by atomic mass is 32.2. The first kappa shape index (κ1) is 21.8. The number of nitrogens with zero attached hydrogens (tertiary/aromatic N) is 1. The molecule has 1 amide bonds. The molecule has 32 heavy (non-hydrogen) atoms. The molecule has 4 aromatic rings. The van der Waals surface area contributed by atoms with Gasteiger partial charge in [0.15, 0.2) is 0 Å². The number of rotatable bonds is 8. The molecule has 4 rings (SSSR count). The highest BCUT2D eigenvalue weighted by molar-refractivity contribution is 7.91. The minimum Gasteiger partial charge on any atom is -0.355 e. The van der Waals surface area contributed by atoms with E-state index in [2.05, 4.69) is 17.4 Å². The summed E-state index contributed by atoms with van der Waals surface area (Å²) >= 11 is 0. The van der Waals surface area contributed by atoms with Crippen molar-refractivity contribution in [3.8, 4) is 0 Å². The molecular weight excluding hydrogens is 427 g/mol. The molecule has 0 aliphatic rings. The molecule has 0 atom stereocenters. The zero-order valence-electron chi connectivity index (χ0n) is 17.4. The number of carbonyl (C=O) groups is 1. The number of para-hydroxylation sites is 1. The SMILES string of the molecule is O=C(Cn1cc(S(=O)(=O)c2ccc(F)cc2)c2ccccc21)NCCCc1ccccc1. The Kier molecular flexibility index (Phi) is 6.37. The molecule has 164 valence electrons. The Morgan fingerprint density at radius 1 is 0.906 bits per heavy atom. The molecule has 0 fully saturated rings. The van der Waals surface area contributed by atoms with Gasteiger partial charge in [0.05, 0.1) is 9.79 Å². The van der Waals surface area contributed by atoms with Crippen LogP contribution >= 0.6 is 0 Å². The van der Waals surface area contributed by atoms with Gasteiger partial charge in [0.25, 0.3) is 0 Å². The van der Waals surface area contributed by atoms with Crippen LogP contribution in [0.15, 0.2) is 94.9 Å². The van der Waals surface area contributed by atoms with E-state index in [-0.39, 0.29) is 22.2 Å². The zero-order valence-corrected chi connectivity index (χ0v) is 18.2. The molecule has 0 unspecified atom stereocenters. The standard InChI is InChI=1S/C25H23FN2O3S/c26-20-12-14-21(15-13-20)32(30,31)24-17-28(23-11-5-4-10-22(23)24)18-25(29)27-16-6-9-19-7-2-1-3-8-19/h1-5,7-8,10-15,17H,6,9,16,18H2,(H,27,29). The van der Waals surface area contributed by atoms with E-state index in [0.717, 1.165) is 25.0 Å². The minimum atomic E-state index is -3.87. The average molecular weight is 451 g/mol. The molecule has 0 spiro atoms. The molecule has 0 bridgehead atoms. The van der Waals surface area contributed by atoms with Gasteiger partial charge in [-0.1, -0.05) is 48.5 Å². The Balaban J connectivity index is 1.50. The Bertz CT molecular complexity index is 1330. The van der Waals surface area contributed by atoms with Crippen molar-refractivity contribution in [2.75, 3.05) is 6.54 Å². The lowest BCUT2D eigenvalue weighted by atomic mass is 10.1. The number of sulfone groups is 1. The lowest BCUT2D eigenvalue weighted by molar-refractivity contribution is -0.121. The first-order chi connectivity index (χ1) is 15.4. The van der Waals surface area contributed by atoms with Gasteiger partial charge in [0.1, 0.15) is 12.4 Å². The van der Waals surface area contributed by atoms with Crippen molar-refractivity contribution in [2.24, 2.45) is 0 Å². The van der Waals surface area contributed by atoms with Crippen molar-refractivity contribution < 1.29 is 17.6 Å². The largest absolute Gasteiger partial charge is 0.355 e. The summed E-state index contributed by atoms with van der Waals surface area (Å²) in [5.74, 6) is -0.695. The second-order valence-electron chi connectivity index (χ2n) is 7.53. The third-order valence-electron chi connectivity index (χ3n) is 5.29. The Morgan fingerprint density at radius 2 is 1.59 bits per heavy atom. The zero-order chi connectivity index (χ0) is 22.6. The summed E-state index contributed by atoms with van der Waals surface area (Å²) in [6.07, 6.45) is 3.16. The van der Waals surface area contributed by atoms with Gasteiger partial charge in [-0.15, -0.1) is 0 Å². The summed E-state index contributed by atoms with van der Waals surface area (Å²) < 4.78 is 41.2. The molecule has 7 heteroatoms. The fourth-order valence-corrected chi connectivity index (χ4v) is 5.15. The van der Waals surface area contributed by atoms with Gasteiger partial charge in [0.2, 0.25) is 15.7 Å². The van der Waals surface area contributed by atoms with Gasteiger partial charge >= 0.3 is 0 Å². The van der Waals surface area contributed by atoms with Crippen LogP contribution in [-0.2, 0) is 27.6 Å². The van der Waals surface area contributed by atoms with Crippen LogP contribution in [0, 0.1) is 5.82 Å². The normalized spacial score (nSPS) is 11.5. The molecule has 0 aliphatic carbocycles. The maximum absolute atomic E-state index is 13.3. The van der Waals surface area contributed by atoms with E-state index in [1.807, 2.05) is 18.2 Å². The summed E-state index contributed by atoms with van der Waals surface area (Å²) in [6.45, 7) is 0.540. The number of hydrogen-bond acceptors (Lipinski definition) is 3. The topological polar surface area (TPSA) is 68.2 Å². The number of amides is 1. The molecule has 1 aromatic heterocycles. The number of aryl methyl sites for hydroxylation is 1. The van der Waals surface area contributed by atoms with Gasteiger partial charge in [-0.2, -0.15) is 0 Å². The first-order valence-electron chi connectivity index (χ1n) is 10.3. The fourth-order valence-electron chi connectivity index (χ4n) is 3.67. The van der Waals surface area contributed by atoms with Gasteiger partial charge in [-0.3, -0.25) is 4.79 Å². The van der Waals surface area contributed by atoms with Gasteiger partial charge in [-0.05, 0) is 48.7 Å². The smallest absolute Gasteiger partial charge is 0.239 e. The minimum absolute atomic E-state index is 0.00475. The number of carbonyl (C=O) groups excluding carboxylic acids is 1. The summed E-state index contributed by atoms with van der Waals surface area (Å²) in [5.41, 5.74) is 1.86. The number of halogens is 1. The molecule has 1 N–H and O–H groups in total. The molecular formula is C25H23FN2O3S. The molecule has 0 aliphatic heterocycles. The number of fused-ring (bicyclic) bond motifs is 1. The van der Waals surface area contributed by atoms with Gasteiger partial charge in [0, 0.05) is 23.6 Å². The second-order valence-corrected chi connectivity index (χ2v) is 9.45. The van der Waals surface area contributed by atoms with Crippen LogP contribution in [0.3, 0.4) is 0 Å². The van der Waals surface area contributed by atoms with E-state index in [1.54, 1.807) is 28.8 Å². The monoisotopic (exact) mass is 450 g/mol. The van der Waals surface area contributed by atoms with Crippen LogP contribution in [-0.4, -0.2) is 25.4 Å². The van der Waals surface area contributed by atoms with Crippen molar-refractivity contribution in [3.63, 3.8) is 0 Å². The van der Waals surface area contributed by atoms with E-state index in [1.165, 1.54) is 23.9 Å². The molecule has 1 heterocycles. The van der Waals surface area contributed by atoms with E-state index in [9.17, 15) is 17.6 Å². The molecule has 3 aromatic carbocycles. The molecule has 0 saturated carbocycles. The van der Waals surface area contributed by atoms with E-state index >= 15 is 0 Å². The Labute approximate surface area is 186 Å². The highest BCUT2D eigenvalue weighted by Crippen LogP contribution is 2.30. The van der Waals surface area contributed by atoms with Crippen LogP contribution in [0.5, 0.6) is 0 Å². The average Bonchev–Trinajstić information content (AvgIpc) is 3.17. The predicted octanol–water partition coefficient (Wildman–Crippen LogP) is 4.36. The Morgan fingerprint density at radius 3 is 2.34 bits per heavy atom. The highest BCUT2D eigenvalue weighted by Gasteiger charge is 2.23. The van der Waals surface area contributed by atoms with E-state index < -0.39 is 15.7 Å². The maximum Gasteiger partial charge on any atom is 0.239 e. The molecule has 5 nitrogen and oxygen atoms in total. The number of nitrogens with one attached hydrogen (secondary N) is 1. The summed E-state index contributed by atoms with van der Waals surface area (Å²) in [4.78, 5) is 12.6. The third kappa shape index (κ3) is 4.73. The Hall–Kier alpha value is -3.45. The van der Waals surface area contributed by atoms with Crippen molar-refractivity contribution in [3.05, 3.63) is 96.4 Å². The lowest BCUT2D eigenvalue weighted by Crippen LogP contribution is -2.28. The van der Waals surface area contributed by atoms with Crippen molar-refractivity contribution >= 4 is 26.6 Å². The van der Waals surface area contributed by atoms with Gasteiger partial charge in [-0.25, -0.2) is 12.8 Å². The summed E-state index contributed by atoms with van der Waals surface area (Å²) in [6, 6.07) is 21.8. The lowest BCUT2D eigenvalue weighted by Gasteiger charge is -2.07. The van der Waals surface area contributed by atoms with Crippen molar-refractivity contribution in [2.45, 2.75) is 29.2 Å². The van der Waals surface area contributed by atoms with E-state index in [4.69, 9.17) is 0 Å². The molecule has 0 radical (unpaired) electrons. The van der Waals surface area contributed by atoms with Gasteiger partial charge < -0.3 is 9.88 Å². The predicted molar refractivity (Wildman–Crippen MR) is 122 cm³/mol.